The van der Waals surface area contributed by atoms with Crippen molar-refractivity contribution in [2.24, 2.45) is 0 Å². The molecule has 3 aromatic rings. The number of hydrogen-bond donors (Lipinski definition) is 1. The Hall–Kier alpha value is -2.88. The quantitative estimate of drug-likeness (QED) is 0.710. The van der Waals surface area contributed by atoms with Crippen LogP contribution in [0.15, 0.2) is 65.2 Å². The van der Waals surface area contributed by atoms with E-state index in [9.17, 15) is 4.79 Å². The second-order valence-corrected chi connectivity index (χ2v) is 6.05. The summed E-state index contributed by atoms with van der Waals surface area (Å²) in [6.45, 7) is 3.82. The van der Waals surface area contributed by atoms with E-state index in [2.05, 4.69) is 34.7 Å². The van der Waals surface area contributed by atoms with Crippen molar-refractivity contribution >= 4 is 11.6 Å². The van der Waals surface area contributed by atoms with Crippen molar-refractivity contribution in [3.63, 3.8) is 0 Å². The van der Waals surface area contributed by atoms with Gasteiger partial charge in [-0.15, -0.1) is 0 Å². The largest absolute Gasteiger partial charge is 0.359 e. The SMILES string of the molecule is CCc1onc(C)c1NC(=O)CC(c1ccccc1)c1ccccc1. The summed E-state index contributed by atoms with van der Waals surface area (Å²) in [4.78, 5) is 12.7. The van der Waals surface area contributed by atoms with E-state index in [4.69, 9.17) is 4.52 Å². The summed E-state index contributed by atoms with van der Waals surface area (Å²) in [6, 6.07) is 20.2. The van der Waals surface area contributed by atoms with Crippen LogP contribution in [0.25, 0.3) is 0 Å². The summed E-state index contributed by atoms with van der Waals surface area (Å²) < 4.78 is 5.26. The zero-order valence-corrected chi connectivity index (χ0v) is 14.5. The van der Waals surface area contributed by atoms with Gasteiger partial charge in [0.1, 0.15) is 11.4 Å². The third-order valence-corrected chi connectivity index (χ3v) is 4.31. The molecule has 0 bridgehead atoms. The Kier molecular flexibility index (Phi) is 5.29. The lowest BCUT2D eigenvalue weighted by Gasteiger charge is -2.18. The molecule has 0 radical (unpaired) electrons. The summed E-state index contributed by atoms with van der Waals surface area (Å²) in [5.74, 6) is 0.674. The van der Waals surface area contributed by atoms with Crippen LogP contribution in [0, 0.1) is 6.92 Å². The average molecular weight is 334 g/mol. The highest BCUT2D eigenvalue weighted by Gasteiger charge is 2.20. The van der Waals surface area contributed by atoms with E-state index in [1.165, 1.54) is 0 Å². The van der Waals surface area contributed by atoms with Gasteiger partial charge in [0.25, 0.3) is 0 Å². The second-order valence-electron chi connectivity index (χ2n) is 6.05. The Balaban J connectivity index is 1.83. The molecule has 3 rings (SSSR count). The van der Waals surface area contributed by atoms with Crippen LogP contribution in [0.2, 0.25) is 0 Å². The summed E-state index contributed by atoms with van der Waals surface area (Å²) in [7, 11) is 0. The first-order chi connectivity index (χ1) is 12.2. The van der Waals surface area contributed by atoms with Crippen molar-refractivity contribution in [3.05, 3.63) is 83.2 Å². The molecular formula is C21H22N2O2. The maximum Gasteiger partial charge on any atom is 0.225 e. The highest BCUT2D eigenvalue weighted by atomic mass is 16.5. The minimum absolute atomic E-state index is 0.00708. The third-order valence-electron chi connectivity index (χ3n) is 4.31. The summed E-state index contributed by atoms with van der Waals surface area (Å²) in [5, 5.41) is 6.93. The van der Waals surface area contributed by atoms with Gasteiger partial charge in [-0.25, -0.2) is 0 Å². The van der Waals surface area contributed by atoms with Crippen LogP contribution in [-0.2, 0) is 11.2 Å². The number of nitrogens with one attached hydrogen (secondary N) is 1. The number of rotatable bonds is 6. The van der Waals surface area contributed by atoms with Crippen molar-refractivity contribution < 1.29 is 9.32 Å². The van der Waals surface area contributed by atoms with Crippen LogP contribution in [0.4, 0.5) is 5.69 Å². The Morgan fingerprint density at radius 2 is 1.60 bits per heavy atom. The molecule has 0 atom stereocenters. The fourth-order valence-electron chi connectivity index (χ4n) is 2.99. The predicted molar refractivity (Wildman–Crippen MR) is 98.6 cm³/mol. The molecule has 1 heterocycles. The minimum atomic E-state index is -0.0429. The van der Waals surface area contributed by atoms with Gasteiger partial charge in [0.2, 0.25) is 5.91 Å². The highest BCUT2D eigenvalue weighted by Crippen LogP contribution is 2.29. The van der Waals surface area contributed by atoms with E-state index < -0.39 is 0 Å². The van der Waals surface area contributed by atoms with Gasteiger partial charge < -0.3 is 9.84 Å². The molecular weight excluding hydrogens is 312 g/mol. The molecule has 0 fully saturated rings. The molecule has 25 heavy (non-hydrogen) atoms. The molecule has 0 spiro atoms. The number of aromatic nitrogens is 1. The molecule has 4 heteroatoms. The van der Waals surface area contributed by atoms with E-state index in [-0.39, 0.29) is 11.8 Å². The Bertz CT molecular complexity index is 786. The van der Waals surface area contributed by atoms with Crippen LogP contribution in [0.1, 0.15) is 41.8 Å². The summed E-state index contributed by atoms with van der Waals surface area (Å²) in [6.07, 6.45) is 1.05. The zero-order valence-electron chi connectivity index (χ0n) is 14.5. The first-order valence-corrected chi connectivity index (χ1v) is 8.54. The van der Waals surface area contributed by atoms with Gasteiger partial charge >= 0.3 is 0 Å². The Labute approximate surface area is 147 Å². The van der Waals surface area contributed by atoms with Gasteiger partial charge in [0.05, 0.1) is 0 Å². The van der Waals surface area contributed by atoms with Gasteiger partial charge in [-0.1, -0.05) is 72.7 Å². The molecule has 0 saturated heterocycles. The Morgan fingerprint density at radius 1 is 1.04 bits per heavy atom. The van der Waals surface area contributed by atoms with Gasteiger partial charge in [-0.05, 0) is 18.1 Å². The number of hydrogen-bond acceptors (Lipinski definition) is 3. The maximum absolute atomic E-state index is 12.7. The van der Waals surface area contributed by atoms with Gasteiger partial charge in [-0.2, -0.15) is 0 Å². The molecule has 1 amide bonds. The molecule has 0 saturated carbocycles. The fourth-order valence-corrected chi connectivity index (χ4v) is 2.99. The third kappa shape index (κ3) is 3.97. The molecule has 1 N–H and O–H groups in total. The minimum Gasteiger partial charge on any atom is -0.359 e. The topological polar surface area (TPSA) is 55.1 Å². The van der Waals surface area contributed by atoms with Gasteiger partial charge in [0.15, 0.2) is 5.76 Å². The van der Waals surface area contributed by atoms with Crippen LogP contribution in [0.3, 0.4) is 0 Å². The van der Waals surface area contributed by atoms with Crippen molar-refractivity contribution in [1.82, 2.24) is 5.16 Å². The van der Waals surface area contributed by atoms with E-state index in [0.29, 0.717) is 30.0 Å². The van der Waals surface area contributed by atoms with Gasteiger partial charge in [0, 0.05) is 18.8 Å². The van der Waals surface area contributed by atoms with Crippen LogP contribution in [0.5, 0.6) is 0 Å². The number of carbonyl (C=O) groups is 1. The normalized spacial score (nSPS) is 10.8. The number of amides is 1. The van der Waals surface area contributed by atoms with Crippen molar-refractivity contribution in [2.75, 3.05) is 5.32 Å². The van der Waals surface area contributed by atoms with E-state index >= 15 is 0 Å². The zero-order chi connectivity index (χ0) is 17.6. The van der Waals surface area contributed by atoms with Crippen LogP contribution >= 0.6 is 0 Å². The molecule has 0 unspecified atom stereocenters. The smallest absolute Gasteiger partial charge is 0.225 e. The Morgan fingerprint density at radius 3 is 2.12 bits per heavy atom. The monoisotopic (exact) mass is 334 g/mol. The predicted octanol–water partition coefficient (Wildman–Crippen LogP) is 4.71. The highest BCUT2D eigenvalue weighted by molar-refractivity contribution is 5.92. The molecule has 0 aliphatic rings. The van der Waals surface area contributed by atoms with Crippen molar-refractivity contribution in [1.29, 1.82) is 0 Å². The lowest BCUT2D eigenvalue weighted by Crippen LogP contribution is -2.17. The first-order valence-electron chi connectivity index (χ1n) is 8.54. The van der Waals surface area contributed by atoms with Crippen molar-refractivity contribution in [3.8, 4) is 0 Å². The lowest BCUT2D eigenvalue weighted by atomic mass is 9.88. The van der Waals surface area contributed by atoms with Gasteiger partial charge in [-0.3, -0.25) is 4.79 Å². The van der Waals surface area contributed by atoms with Crippen LogP contribution in [-0.4, -0.2) is 11.1 Å². The number of benzene rings is 2. The second kappa shape index (κ2) is 7.79. The summed E-state index contributed by atoms with van der Waals surface area (Å²) in [5.41, 5.74) is 3.66. The number of carbonyl (C=O) groups excluding carboxylic acids is 1. The van der Waals surface area contributed by atoms with E-state index in [0.717, 1.165) is 11.1 Å². The molecule has 4 nitrogen and oxygen atoms in total. The molecule has 128 valence electrons. The first kappa shape index (κ1) is 17.0. The lowest BCUT2D eigenvalue weighted by molar-refractivity contribution is -0.116. The number of aryl methyl sites for hydroxylation is 2. The summed E-state index contributed by atoms with van der Waals surface area (Å²) >= 11 is 0. The molecule has 0 aliphatic carbocycles. The maximum atomic E-state index is 12.7. The van der Waals surface area contributed by atoms with E-state index in [1.807, 2.05) is 50.2 Å². The molecule has 0 aliphatic heterocycles. The van der Waals surface area contributed by atoms with Crippen molar-refractivity contribution in [2.45, 2.75) is 32.6 Å². The number of nitrogens with zero attached hydrogens (tertiary/aromatic N) is 1. The number of anilines is 1. The molecule has 2 aromatic carbocycles. The standard InChI is InChI=1S/C21H22N2O2/c1-3-19-21(15(2)23-25-19)22-20(24)14-18(16-10-6-4-7-11-16)17-12-8-5-9-13-17/h4-13,18H,3,14H2,1-2H3,(H,22,24). The van der Waals surface area contributed by atoms with Crippen LogP contribution < -0.4 is 5.32 Å². The fraction of sp³-hybridized carbons (Fsp3) is 0.238. The average Bonchev–Trinajstić information content (AvgIpc) is 3.01. The van der Waals surface area contributed by atoms with E-state index in [1.54, 1.807) is 0 Å². The molecule has 1 aromatic heterocycles.